The van der Waals surface area contributed by atoms with E-state index in [2.05, 4.69) is 0 Å². The van der Waals surface area contributed by atoms with E-state index in [1.807, 2.05) is 0 Å². The summed E-state index contributed by atoms with van der Waals surface area (Å²) in [6, 6.07) is 10.9. The lowest BCUT2D eigenvalue weighted by atomic mass is 9.98. The van der Waals surface area contributed by atoms with Crippen LogP contribution in [0.1, 0.15) is 19.4 Å². The quantitative estimate of drug-likeness (QED) is 0.0477. The average Bonchev–Trinajstić information content (AvgIpc) is 3.26. The Balaban J connectivity index is 1.23. The molecule has 7 rings (SSSR count). The molecule has 346 valence electrons. The lowest BCUT2D eigenvalue weighted by Gasteiger charge is -2.43. The second kappa shape index (κ2) is 18.9. The molecule has 3 aliphatic heterocycles. The van der Waals surface area contributed by atoms with Crippen molar-refractivity contribution in [3.63, 3.8) is 0 Å². The summed E-state index contributed by atoms with van der Waals surface area (Å²) in [5, 5.41) is 125. The number of rotatable bonds is 11. The minimum atomic E-state index is -2.15. The molecule has 64 heavy (non-hydrogen) atoms. The van der Waals surface area contributed by atoms with E-state index in [1.54, 1.807) is 0 Å². The summed E-state index contributed by atoms with van der Waals surface area (Å²) in [5.41, 5.74) is -1.20. The summed E-state index contributed by atoms with van der Waals surface area (Å²) in [6.07, 6.45) is -22.6. The molecule has 3 aliphatic rings. The highest BCUT2D eigenvalue weighted by Crippen LogP contribution is 2.40. The van der Waals surface area contributed by atoms with E-state index in [0.717, 1.165) is 30.3 Å². The van der Waals surface area contributed by atoms with Crippen LogP contribution in [-0.4, -0.2) is 166 Å². The second-order valence-corrected chi connectivity index (χ2v) is 15.4. The maximum atomic E-state index is 14.4. The molecule has 4 aromatic rings. The number of carbonyl (C=O) groups excluding carboxylic acids is 1. The van der Waals surface area contributed by atoms with Crippen molar-refractivity contribution in [2.75, 3.05) is 6.61 Å². The number of benzene rings is 3. The summed E-state index contributed by atoms with van der Waals surface area (Å²) in [7, 11) is 0. The number of phenols is 4. The van der Waals surface area contributed by atoms with Crippen molar-refractivity contribution in [3.05, 3.63) is 76.5 Å². The molecule has 0 bridgehead atoms. The molecule has 4 heterocycles. The third-order valence-electron chi connectivity index (χ3n) is 10.9. The summed E-state index contributed by atoms with van der Waals surface area (Å²) >= 11 is 0. The van der Waals surface area contributed by atoms with Crippen molar-refractivity contribution in [1.82, 2.24) is 0 Å². The lowest BCUT2D eigenvalue weighted by molar-refractivity contribution is -0.319. The summed E-state index contributed by atoms with van der Waals surface area (Å²) in [5.74, 6) is -4.73. The molecule has 22 heteroatoms. The fourth-order valence-corrected chi connectivity index (χ4v) is 7.20. The molecular weight excluding hydrogens is 856 g/mol. The van der Waals surface area contributed by atoms with E-state index in [1.165, 1.54) is 50.3 Å². The molecular formula is C42H46O22. The van der Waals surface area contributed by atoms with E-state index < -0.39 is 150 Å². The largest absolute Gasteiger partial charge is 0.508 e. The highest BCUT2D eigenvalue weighted by atomic mass is 16.7. The molecule has 12 N–H and O–H groups in total. The molecule has 3 fully saturated rings. The van der Waals surface area contributed by atoms with E-state index >= 15 is 0 Å². The predicted octanol–water partition coefficient (Wildman–Crippen LogP) is -1.22. The zero-order valence-electron chi connectivity index (χ0n) is 33.7. The predicted molar refractivity (Wildman–Crippen MR) is 213 cm³/mol. The fourth-order valence-electron chi connectivity index (χ4n) is 7.20. The van der Waals surface area contributed by atoms with Crippen molar-refractivity contribution in [2.45, 2.75) is 106 Å². The number of hydrogen-bond donors (Lipinski definition) is 12. The Morgan fingerprint density at radius 3 is 1.92 bits per heavy atom. The van der Waals surface area contributed by atoms with Gasteiger partial charge in [-0.05, 0) is 55.8 Å². The zero-order valence-corrected chi connectivity index (χ0v) is 33.7. The number of aromatic hydroxyl groups is 4. The van der Waals surface area contributed by atoms with Gasteiger partial charge in [0, 0.05) is 23.8 Å². The molecule has 1 aromatic heterocycles. The third kappa shape index (κ3) is 9.44. The summed E-state index contributed by atoms with van der Waals surface area (Å²) in [4.78, 5) is 27.4. The highest BCUT2D eigenvalue weighted by Gasteiger charge is 2.50. The molecule has 15 atom stereocenters. The minimum Gasteiger partial charge on any atom is -0.508 e. The Bertz CT molecular complexity index is 2390. The van der Waals surface area contributed by atoms with Gasteiger partial charge >= 0.3 is 5.97 Å². The van der Waals surface area contributed by atoms with Crippen LogP contribution in [-0.2, 0) is 28.5 Å². The highest BCUT2D eigenvalue weighted by molar-refractivity contribution is 5.89. The van der Waals surface area contributed by atoms with Gasteiger partial charge in [-0.1, -0.05) is 12.1 Å². The first-order valence-corrected chi connectivity index (χ1v) is 19.7. The molecule has 0 aliphatic carbocycles. The first kappa shape index (κ1) is 46.4. The van der Waals surface area contributed by atoms with Gasteiger partial charge in [0.1, 0.15) is 83.2 Å². The normalized spacial score (nSPS) is 33.2. The third-order valence-corrected chi connectivity index (χ3v) is 10.9. The van der Waals surface area contributed by atoms with Crippen LogP contribution in [0.3, 0.4) is 0 Å². The van der Waals surface area contributed by atoms with Gasteiger partial charge in [-0.15, -0.1) is 0 Å². The number of aliphatic hydroxyl groups is 8. The molecule has 0 spiro atoms. The van der Waals surface area contributed by atoms with Crippen molar-refractivity contribution in [2.24, 2.45) is 0 Å². The van der Waals surface area contributed by atoms with Gasteiger partial charge in [0.25, 0.3) is 0 Å². The fraction of sp³-hybridized carbons (Fsp3) is 0.429. The molecule has 22 nitrogen and oxygen atoms in total. The number of carbonyl (C=O) groups is 1. The Kier molecular flexibility index (Phi) is 13.7. The van der Waals surface area contributed by atoms with E-state index in [9.17, 15) is 70.9 Å². The Morgan fingerprint density at radius 2 is 1.27 bits per heavy atom. The number of phenolic OH excluding ortho intramolecular Hbond substituents is 4. The van der Waals surface area contributed by atoms with E-state index in [4.69, 9.17) is 37.6 Å². The number of ether oxygens (including phenoxy) is 7. The molecule has 0 saturated carbocycles. The SMILES string of the molecule is C[C@@H]1O[C@@H](OC[C@H]2O[C@@H](Oc3c(-c4ccc(O)c(O)c4)oc4cc(O[C@H]5O[C@H](C)[C@@H](O)[C@H](O)[C@@H]5O)cc(O)c4c3=O)[C@H](O)[C@@H](O)[C@H]2OC(=O)/C=C/c2ccc(O)cc2)[C@H](O)[C@H](O)[C@H]1O. The van der Waals surface area contributed by atoms with Crippen LogP contribution in [0.2, 0.25) is 0 Å². The van der Waals surface area contributed by atoms with Crippen molar-refractivity contribution in [3.8, 4) is 45.8 Å². The van der Waals surface area contributed by atoms with Crippen LogP contribution < -0.4 is 14.9 Å². The van der Waals surface area contributed by atoms with E-state index in [0.29, 0.717) is 5.56 Å². The molecule has 3 saturated heterocycles. The van der Waals surface area contributed by atoms with Gasteiger partial charge < -0.3 is 98.9 Å². The minimum absolute atomic E-state index is 0.0312. The van der Waals surface area contributed by atoms with Gasteiger partial charge in [-0.3, -0.25) is 4.79 Å². The van der Waals surface area contributed by atoms with Crippen molar-refractivity contribution in [1.29, 1.82) is 0 Å². The molecule has 0 unspecified atom stereocenters. The average molecular weight is 903 g/mol. The molecule has 0 radical (unpaired) electrons. The number of hydrogen-bond acceptors (Lipinski definition) is 22. The number of esters is 1. The zero-order chi connectivity index (χ0) is 46.3. The maximum Gasteiger partial charge on any atom is 0.331 e. The van der Waals surface area contributed by atoms with Crippen LogP contribution >= 0.6 is 0 Å². The standard InChI is InChI=1S/C42H46O22/c1-15-28(48)31(51)34(54)40(58-15)57-14-25-38(63-26(47)10-5-17-3-7-19(43)8-4-17)33(53)36(56)42(62-25)64-39-30(50)27-23(46)12-20(60-41-35(55)32(52)29(49)16(2)59-41)13-24(27)61-37(39)18-6-9-21(44)22(45)11-18/h3-13,15-16,25,28-29,31-36,38,40-46,48-49,51-56H,14H2,1-2H3/b10-5+/t15-,16+,25+,28-,29+,31+,32-,33+,34+,35-,36+,38-,40+,41+,42-/m0/s1. The van der Waals surface area contributed by atoms with Crippen LogP contribution in [0.5, 0.6) is 34.5 Å². The van der Waals surface area contributed by atoms with Crippen molar-refractivity contribution >= 4 is 23.0 Å². The van der Waals surface area contributed by atoms with Gasteiger partial charge in [-0.25, -0.2) is 4.79 Å². The monoisotopic (exact) mass is 902 g/mol. The lowest BCUT2D eigenvalue weighted by Crippen LogP contribution is -2.62. The van der Waals surface area contributed by atoms with Crippen LogP contribution in [0.25, 0.3) is 28.4 Å². The first-order valence-electron chi connectivity index (χ1n) is 19.7. The van der Waals surface area contributed by atoms with Crippen LogP contribution in [0.15, 0.2) is 69.9 Å². The van der Waals surface area contributed by atoms with Gasteiger partial charge in [0.15, 0.2) is 29.7 Å². The number of fused-ring (bicyclic) bond motifs is 1. The summed E-state index contributed by atoms with van der Waals surface area (Å²) in [6.45, 7) is 2.07. The number of aliphatic hydroxyl groups excluding tert-OH is 8. The van der Waals surface area contributed by atoms with Crippen molar-refractivity contribution < 1.29 is 104 Å². The molecule has 0 amide bonds. The van der Waals surface area contributed by atoms with Gasteiger partial charge in [-0.2, -0.15) is 0 Å². The Labute approximate surface area is 361 Å². The maximum absolute atomic E-state index is 14.4. The Hall–Kier alpha value is -5.60. The Morgan fingerprint density at radius 1 is 0.656 bits per heavy atom. The molecule has 3 aromatic carbocycles. The smallest absolute Gasteiger partial charge is 0.331 e. The van der Waals surface area contributed by atoms with Crippen LogP contribution in [0, 0.1) is 0 Å². The summed E-state index contributed by atoms with van der Waals surface area (Å²) < 4.78 is 45.7. The van der Waals surface area contributed by atoms with Gasteiger partial charge in [0.05, 0.1) is 18.8 Å². The van der Waals surface area contributed by atoms with Crippen LogP contribution in [0.4, 0.5) is 0 Å². The second-order valence-electron chi connectivity index (χ2n) is 15.4. The van der Waals surface area contributed by atoms with E-state index in [-0.39, 0.29) is 17.1 Å². The van der Waals surface area contributed by atoms with Gasteiger partial charge in [0.2, 0.25) is 23.8 Å². The topological polar surface area (TPSA) is 355 Å². The first-order chi connectivity index (χ1) is 30.3.